The number of nitrogens with zero attached hydrogens (tertiary/aromatic N) is 5. The van der Waals surface area contributed by atoms with Crippen molar-refractivity contribution in [2.45, 2.75) is 27.0 Å². The van der Waals surface area contributed by atoms with Crippen LogP contribution in [-0.2, 0) is 13.2 Å². The molecule has 0 bridgehead atoms. The summed E-state index contributed by atoms with van der Waals surface area (Å²) in [4.78, 5) is 25.7. The van der Waals surface area contributed by atoms with Gasteiger partial charge in [0.25, 0.3) is 5.56 Å². The minimum Gasteiger partial charge on any atom is -0.487 e. The van der Waals surface area contributed by atoms with Gasteiger partial charge in [-0.25, -0.2) is 9.97 Å². The van der Waals surface area contributed by atoms with Crippen molar-refractivity contribution in [1.82, 2.24) is 24.1 Å². The molecule has 0 spiro atoms. The number of pyridine rings is 3. The first-order chi connectivity index (χ1) is 16.5. The van der Waals surface area contributed by atoms with Crippen molar-refractivity contribution >= 4 is 22.5 Å². The maximum atomic E-state index is 12.5. The Bertz CT molecular complexity index is 1540. The molecule has 1 aromatic carbocycles. The van der Waals surface area contributed by atoms with Gasteiger partial charge < -0.3 is 13.9 Å². The maximum absolute atomic E-state index is 12.5. The second-order valence-corrected chi connectivity index (χ2v) is 8.48. The molecule has 0 atom stereocenters. The van der Waals surface area contributed by atoms with Crippen LogP contribution in [-0.4, -0.2) is 24.1 Å². The van der Waals surface area contributed by atoms with E-state index in [0.717, 1.165) is 33.4 Å². The van der Waals surface area contributed by atoms with Gasteiger partial charge in [0.1, 0.15) is 17.9 Å². The molecule has 0 fully saturated rings. The molecule has 0 aliphatic carbocycles. The number of ether oxygens (including phenoxy) is 1. The summed E-state index contributed by atoms with van der Waals surface area (Å²) in [5, 5.41) is 1.44. The predicted molar refractivity (Wildman–Crippen MR) is 132 cm³/mol. The van der Waals surface area contributed by atoms with Gasteiger partial charge in [-0.1, -0.05) is 29.8 Å². The SMILES string of the molecule is Cc1cc(-n2ccnc2)c2cccc(OCc3c(Cl)cncc3Cn3cccc(C)c3=O)c2n1. The van der Waals surface area contributed by atoms with E-state index in [4.69, 9.17) is 21.3 Å². The van der Waals surface area contributed by atoms with Gasteiger partial charge in [0.2, 0.25) is 0 Å². The van der Waals surface area contributed by atoms with Gasteiger partial charge in [-0.15, -0.1) is 0 Å². The highest BCUT2D eigenvalue weighted by atomic mass is 35.5. The number of para-hydroxylation sites is 1. The first-order valence-corrected chi connectivity index (χ1v) is 11.2. The Morgan fingerprint density at radius 2 is 1.94 bits per heavy atom. The van der Waals surface area contributed by atoms with Gasteiger partial charge in [-0.2, -0.15) is 0 Å². The predicted octanol–water partition coefficient (Wildman–Crippen LogP) is 4.87. The molecule has 0 unspecified atom stereocenters. The average Bonchev–Trinajstić information content (AvgIpc) is 3.36. The third-order valence-electron chi connectivity index (χ3n) is 5.71. The fourth-order valence-electron chi connectivity index (χ4n) is 3.97. The van der Waals surface area contributed by atoms with Gasteiger partial charge in [0, 0.05) is 53.2 Å². The number of halogens is 1. The van der Waals surface area contributed by atoms with Crippen molar-refractivity contribution in [3.05, 3.63) is 111 Å². The average molecular weight is 472 g/mol. The minimum atomic E-state index is -0.0462. The van der Waals surface area contributed by atoms with Gasteiger partial charge in [0.15, 0.2) is 0 Å². The van der Waals surface area contributed by atoms with Gasteiger partial charge >= 0.3 is 0 Å². The first kappa shape index (κ1) is 21.9. The Morgan fingerprint density at radius 3 is 2.76 bits per heavy atom. The largest absolute Gasteiger partial charge is 0.487 e. The number of hydrogen-bond acceptors (Lipinski definition) is 5. The number of rotatable bonds is 6. The zero-order valence-electron chi connectivity index (χ0n) is 18.8. The van der Waals surface area contributed by atoms with Gasteiger partial charge in [-0.05, 0) is 37.6 Å². The van der Waals surface area contributed by atoms with Crippen molar-refractivity contribution in [3.8, 4) is 11.4 Å². The number of benzene rings is 1. The van der Waals surface area contributed by atoms with Crippen LogP contribution < -0.4 is 10.3 Å². The highest BCUT2D eigenvalue weighted by Crippen LogP contribution is 2.30. The number of aryl methyl sites for hydroxylation is 2. The molecule has 0 aliphatic heterocycles. The molecule has 5 rings (SSSR count). The molecule has 7 nitrogen and oxygen atoms in total. The summed E-state index contributed by atoms with van der Waals surface area (Å²) in [6.07, 6.45) is 10.5. The van der Waals surface area contributed by atoms with Crippen molar-refractivity contribution in [2.75, 3.05) is 0 Å². The molecule has 0 N–H and O–H groups in total. The molecule has 4 aromatic heterocycles. The van der Waals surface area contributed by atoms with E-state index in [-0.39, 0.29) is 12.2 Å². The lowest BCUT2D eigenvalue weighted by atomic mass is 10.1. The number of aromatic nitrogens is 5. The summed E-state index contributed by atoms with van der Waals surface area (Å²) >= 11 is 6.51. The van der Waals surface area contributed by atoms with E-state index >= 15 is 0 Å². The van der Waals surface area contributed by atoms with Crippen molar-refractivity contribution in [1.29, 1.82) is 0 Å². The second kappa shape index (κ2) is 9.11. The molecule has 4 heterocycles. The lowest BCUT2D eigenvalue weighted by Gasteiger charge is -2.16. The van der Waals surface area contributed by atoms with Crippen LogP contribution in [0, 0.1) is 13.8 Å². The fourth-order valence-corrected chi connectivity index (χ4v) is 4.21. The van der Waals surface area contributed by atoms with E-state index in [2.05, 4.69) is 9.97 Å². The molecule has 0 aliphatic rings. The Hall–Kier alpha value is -3.97. The Kier molecular flexibility index (Phi) is 5.86. The maximum Gasteiger partial charge on any atom is 0.253 e. The summed E-state index contributed by atoms with van der Waals surface area (Å²) in [5.41, 5.74) is 4.85. The molecule has 5 aromatic rings. The zero-order valence-corrected chi connectivity index (χ0v) is 19.5. The van der Waals surface area contributed by atoms with Crippen LogP contribution in [0.15, 0.2) is 78.5 Å². The van der Waals surface area contributed by atoms with Crippen LogP contribution in [0.25, 0.3) is 16.6 Å². The lowest BCUT2D eigenvalue weighted by molar-refractivity contribution is 0.307. The first-order valence-electron chi connectivity index (χ1n) is 10.8. The summed E-state index contributed by atoms with van der Waals surface area (Å²) in [5.74, 6) is 0.647. The van der Waals surface area contributed by atoms with E-state index in [1.807, 2.05) is 48.0 Å². The highest BCUT2D eigenvalue weighted by molar-refractivity contribution is 6.31. The molecular formula is C26H22ClN5O2. The summed E-state index contributed by atoms with van der Waals surface area (Å²) in [7, 11) is 0. The Labute approximate surface area is 201 Å². The van der Waals surface area contributed by atoms with E-state index in [1.54, 1.807) is 48.7 Å². The molecule has 0 saturated heterocycles. The quantitative estimate of drug-likeness (QED) is 0.353. The Morgan fingerprint density at radius 1 is 1.06 bits per heavy atom. The normalized spacial score (nSPS) is 11.1. The smallest absolute Gasteiger partial charge is 0.253 e. The second-order valence-electron chi connectivity index (χ2n) is 8.08. The van der Waals surface area contributed by atoms with Crippen LogP contribution in [0.3, 0.4) is 0 Å². The summed E-state index contributed by atoms with van der Waals surface area (Å²) < 4.78 is 9.86. The molecule has 0 saturated carbocycles. The van der Waals surface area contributed by atoms with E-state index in [1.165, 1.54) is 0 Å². The summed E-state index contributed by atoms with van der Waals surface area (Å²) in [6.45, 7) is 4.32. The molecule has 0 amide bonds. The third kappa shape index (κ3) is 4.18. The molecule has 0 radical (unpaired) electrons. The van der Waals surface area contributed by atoms with Crippen LogP contribution in [0.2, 0.25) is 5.02 Å². The van der Waals surface area contributed by atoms with Crippen molar-refractivity contribution < 1.29 is 4.74 Å². The monoisotopic (exact) mass is 471 g/mol. The molecule has 8 heteroatoms. The fraction of sp³-hybridized carbons (Fsp3) is 0.154. The highest BCUT2D eigenvalue weighted by Gasteiger charge is 2.14. The lowest BCUT2D eigenvalue weighted by Crippen LogP contribution is -2.22. The Balaban J connectivity index is 1.50. The van der Waals surface area contributed by atoms with Gasteiger partial charge in [0.05, 0.1) is 23.6 Å². The van der Waals surface area contributed by atoms with Crippen LogP contribution >= 0.6 is 11.6 Å². The standard InChI is InChI=1S/C26H22ClN5O2/c1-17-5-4-9-31(26(17)33)14-19-12-29-13-22(27)21(19)15-34-24-7-3-6-20-23(32-10-8-28-16-32)11-18(2)30-25(20)24/h3-13,16H,14-15H2,1-2H3. The third-order valence-corrected chi connectivity index (χ3v) is 6.03. The van der Waals surface area contributed by atoms with Crippen molar-refractivity contribution in [3.63, 3.8) is 0 Å². The van der Waals surface area contributed by atoms with Crippen LogP contribution in [0.4, 0.5) is 0 Å². The number of fused-ring (bicyclic) bond motifs is 1. The molecule has 170 valence electrons. The number of hydrogen-bond donors (Lipinski definition) is 0. The van der Waals surface area contributed by atoms with E-state index in [9.17, 15) is 4.79 Å². The van der Waals surface area contributed by atoms with Gasteiger partial charge in [-0.3, -0.25) is 9.78 Å². The zero-order chi connectivity index (χ0) is 23.7. The van der Waals surface area contributed by atoms with E-state index in [0.29, 0.717) is 22.9 Å². The van der Waals surface area contributed by atoms with Crippen molar-refractivity contribution in [2.24, 2.45) is 0 Å². The van der Waals surface area contributed by atoms with Crippen LogP contribution in [0.5, 0.6) is 5.75 Å². The number of imidazole rings is 1. The summed E-state index contributed by atoms with van der Waals surface area (Å²) in [6, 6.07) is 11.5. The molecular weight excluding hydrogens is 450 g/mol. The van der Waals surface area contributed by atoms with Crippen LogP contribution in [0.1, 0.15) is 22.4 Å². The van der Waals surface area contributed by atoms with E-state index < -0.39 is 0 Å². The molecule has 34 heavy (non-hydrogen) atoms. The minimum absolute atomic E-state index is 0.0462. The topological polar surface area (TPSA) is 74.8 Å².